The topological polar surface area (TPSA) is 18.5 Å². The third-order valence-electron chi connectivity index (χ3n) is 3.18. The maximum Gasteiger partial charge on any atom is 0.0643 e. The number of hydrogen-bond donors (Lipinski definition) is 0. The Kier molecular flexibility index (Phi) is 3.97. The Hall–Kier alpha value is -0.860. The molecule has 0 amide bonds. The van der Waals surface area contributed by atoms with E-state index in [1.807, 2.05) is 6.07 Å². The third kappa shape index (κ3) is 3.06. The van der Waals surface area contributed by atoms with Gasteiger partial charge in [-0.2, -0.15) is 0 Å². The van der Waals surface area contributed by atoms with Gasteiger partial charge in [0.2, 0.25) is 0 Å². The van der Waals surface area contributed by atoms with E-state index in [2.05, 4.69) is 31.2 Å². The van der Waals surface area contributed by atoms with Gasteiger partial charge in [0.1, 0.15) is 0 Å². The van der Waals surface area contributed by atoms with E-state index in [4.69, 9.17) is 9.47 Å². The molecule has 1 heterocycles. The minimum absolute atomic E-state index is 0.302. The average Bonchev–Trinajstić information content (AvgIpc) is 2.29. The first-order valence-corrected chi connectivity index (χ1v) is 6.00. The van der Waals surface area contributed by atoms with Gasteiger partial charge < -0.3 is 9.47 Å². The highest BCUT2D eigenvalue weighted by Gasteiger charge is 2.26. The standard InChI is InChI=1S/C14H20O2/c1-11-8-13(15-2)10-14(16-11)9-12-6-4-3-5-7-12/h3-7,11,13-14H,8-10H2,1-2H3/t11-,13-,14+/m0/s1. The number of hydrogen-bond acceptors (Lipinski definition) is 2. The van der Waals surface area contributed by atoms with E-state index in [1.54, 1.807) is 7.11 Å². The van der Waals surface area contributed by atoms with E-state index in [0.717, 1.165) is 19.3 Å². The van der Waals surface area contributed by atoms with Gasteiger partial charge in [0, 0.05) is 13.5 Å². The van der Waals surface area contributed by atoms with E-state index in [0.29, 0.717) is 18.3 Å². The second kappa shape index (κ2) is 5.46. The van der Waals surface area contributed by atoms with Crippen molar-refractivity contribution in [2.75, 3.05) is 7.11 Å². The predicted molar refractivity (Wildman–Crippen MR) is 64.5 cm³/mol. The Morgan fingerprint density at radius 2 is 2.00 bits per heavy atom. The summed E-state index contributed by atoms with van der Waals surface area (Å²) < 4.78 is 11.4. The summed E-state index contributed by atoms with van der Waals surface area (Å²) >= 11 is 0. The number of benzene rings is 1. The molecule has 2 rings (SSSR count). The van der Waals surface area contributed by atoms with Crippen LogP contribution in [0.3, 0.4) is 0 Å². The Bertz CT molecular complexity index is 310. The fourth-order valence-electron chi connectivity index (χ4n) is 2.40. The summed E-state index contributed by atoms with van der Waals surface area (Å²) in [6.07, 6.45) is 3.99. The Morgan fingerprint density at radius 3 is 2.69 bits per heavy atom. The predicted octanol–water partition coefficient (Wildman–Crippen LogP) is 2.81. The number of ether oxygens (including phenoxy) is 2. The molecule has 3 atom stereocenters. The van der Waals surface area contributed by atoms with Crippen molar-refractivity contribution >= 4 is 0 Å². The molecule has 0 unspecified atom stereocenters. The molecule has 1 fully saturated rings. The molecule has 0 saturated carbocycles. The van der Waals surface area contributed by atoms with Crippen LogP contribution in [0.25, 0.3) is 0 Å². The SMILES string of the molecule is CO[C@@H]1C[C@@H](Cc2ccccc2)O[C@@H](C)C1. The summed E-state index contributed by atoms with van der Waals surface area (Å²) in [7, 11) is 1.79. The Labute approximate surface area is 97.6 Å². The van der Waals surface area contributed by atoms with Crippen molar-refractivity contribution in [2.24, 2.45) is 0 Å². The second-order valence-electron chi connectivity index (χ2n) is 4.59. The summed E-state index contributed by atoms with van der Waals surface area (Å²) in [6, 6.07) is 10.5. The number of rotatable bonds is 3. The molecule has 0 bridgehead atoms. The van der Waals surface area contributed by atoms with E-state index >= 15 is 0 Å². The molecule has 1 saturated heterocycles. The lowest BCUT2D eigenvalue weighted by Gasteiger charge is -2.33. The van der Waals surface area contributed by atoms with Crippen LogP contribution in [0, 0.1) is 0 Å². The molecule has 0 aromatic heterocycles. The first-order valence-electron chi connectivity index (χ1n) is 6.00. The lowest BCUT2D eigenvalue weighted by Crippen LogP contribution is -2.36. The quantitative estimate of drug-likeness (QED) is 0.780. The minimum Gasteiger partial charge on any atom is -0.381 e. The minimum atomic E-state index is 0.302. The van der Waals surface area contributed by atoms with E-state index in [-0.39, 0.29) is 0 Å². The van der Waals surface area contributed by atoms with Crippen molar-refractivity contribution in [3.63, 3.8) is 0 Å². The molecule has 1 aliphatic heterocycles. The van der Waals surface area contributed by atoms with Gasteiger partial charge in [0.15, 0.2) is 0 Å². The van der Waals surface area contributed by atoms with E-state index in [1.165, 1.54) is 5.56 Å². The van der Waals surface area contributed by atoms with Gasteiger partial charge in [-0.3, -0.25) is 0 Å². The van der Waals surface area contributed by atoms with Crippen molar-refractivity contribution in [1.29, 1.82) is 0 Å². The zero-order valence-corrected chi connectivity index (χ0v) is 10.1. The summed E-state index contributed by atoms with van der Waals surface area (Å²) in [5.41, 5.74) is 1.34. The monoisotopic (exact) mass is 220 g/mol. The molecule has 88 valence electrons. The molecule has 0 spiro atoms. The van der Waals surface area contributed by atoms with Gasteiger partial charge >= 0.3 is 0 Å². The summed E-state index contributed by atoms with van der Waals surface area (Å²) in [6.45, 7) is 2.13. The largest absolute Gasteiger partial charge is 0.381 e. The molecule has 1 aromatic carbocycles. The van der Waals surface area contributed by atoms with E-state index in [9.17, 15) is 0 Å². The van der Waals surface area contributed by atoms with Crippen molar-refractivity contribution < 1.29 is 9.47 Å². The molecule has 2 nitrogen and oxygen atoms in total. The molecule has 16 heavy (non-hydrogen) atoms. The normalized spacial score (nSPS) is 30.2. The van der Waals surface area contributed by atoms with Crippen molar-refractivity contribution in [1.82, 2.24) is 0 Å². The van der Waals surface area contributed by atoms with Crippen LogP contribution in [-0.2, 0) is 15.9 Å². The summed E-state index contributed by atoms with van der Waals surface area (Å²) in [5.74, 6) is 0. The second-order valence-corrected chi connectivity index (χ2v) is 4.59. The van der Waals surface area contributed by atoms with Crippen molar-refractivity contribution in [2.45, 2.75) is 44.5 Å². The lowest BCUT2D eigenvalue weighted by atomic mass is 9.97. The first-order chi connectivity index (χ1) is 7.78. The van der Waals surface area contributed by atoms with Crippen molar-refractivity contribution in [3.8, 4) is 0 Å². The van der Waals surface area contributed by atoms with Crippen molar-refractivity contribution in [3.05, 3.63) is 35.9 Å². The van der Waals surface area contributed by atoms with Crippen LogP contribution < -0.4 is 0 Å². The summed E-state index contributed by atoms with van der Waals surface area (Å²) in [5, 5.41) is 0. The van der Waals surface area contributed by atoms with Crippen LogP contribution in [0.2, 0.25) is 0 Å². The number of methoxy groups -OCH3 is 1. The van der Waals surface area contributed by atoms with Crippen LogP contribution in [0.15, 0.2) is 30.3 Å². The highest BCUT2D eigenvalue weighted by molar-refractivity contribution is 5.15. The highest BCUT2D eigenvalue weighted by Crippen LogP contribution is 2.23. The molecular weight excluding hydrogens is 200 g/mol. The smallest absolute Gasteiger partial charge is 0.0643 e. The van der Waals surface area contributed by atoms with Gasteiger partial charge in [-0.25, -0.2) is 0 Å². The fourth-order valence-corrected chi connectivity index (χ4v) is 2.40. The van der Waals surface area contributed by atoms with Gasteiger partial charge in [-0.15, -0.1) is 0 Å². The third-order valence-corrected chi connectivity index (χ3v) is 3.18. The van der Waals surface area contributed by atoms with E-state index < -0.39 is 0 Å². The fraction of sp³-hybridized carbons (Fsp3) is 0.571. The van der Waals surface area contributed by atoms with Gasteiger partial charge in [0.25, 0.3) is 0 Å². The highest BCUT2D eigenvalue weighted by atomic mass is 16.5. The first kappa shape index (κ1) is 11.6. The van der Waals surface area contributed by atoms with Crippen LogP contribution >= 0.6 is 0 Å². The Morgan fingerprint density at radius 1 is 1.25 bits per heavy atom. The van der Waals surface area contributed by atoms with Crippen LogP contribution in [-0.4, -0.2) is 25.4 Å². The molecular formula is C14H20O2. The Balaban J connectivity index is 1.94. The molecule has 1 aromatic rings. The molecule has 1 aliphatic rings. The summed E-state index contributed by atoms with van der Waals surface area (Å²) in [4.78, 5) is 0. The molecule has 0 aliphatic carbocycles. The average molecular weight is 220 g/mol. The maximum absolute atomic E-state index is 5.94. The molecule has 0 N–H and O–H groups in total. The molecule has 2 heteroatoms. The molecule has 0 radical (unpaired) electrons. The van der Waals surface area contributed by atoms with Crippen LogP contribution in [0.4, 0.5) is 0 Å². The van der Waals surface area contributed by atoms with Crippen LogP contribution in [0.1, 0.15) is 25.3 Å². The zero-order chi connectivity index (χ0) is 11.4. The van der Waals surface area contributed by atoms with Gasteiger partial charge in [-0.05, 0) is 25.3 Å². The maximum atomic E-state index is 5.94. The van der Waals surface area contributed by atoms with Crippen LogP contribution in [0.5, 0.6) is 0 Å². The zero-order valence-electron chi connectivity index (χ0n) is 10.1. The lowest BCUT2D eigenvalue weighted by molar-refractivity contribution is -0.0974. The van der Waals surface area contributed by atoms with Gasteiger partial charge in [0.05, 0.1) is 18.3 Å². The van der Waals surface area contributed by atoms with Gasteiger partial charge in [-0.1, -0.05) is 30.3 Å².